The number of carbonyl (C=O) groups excluding carboxylic acids is 2. The molecule has 0 saturated heterocycles. The van der Waals surface area contributed by atoms with E-state index in [1.54, 1.807) is 18.2 Å². The number of aliphatic hydroxyl groups excluding tert-OH is 1. The molecule has 0 bridgehead atoms. The zero-order valence-electron chi connectivity index (χ0n) is 15.1. The molecule has 0 spiro atoms. The number of hydrogen-bond donors (Lipinski definition) is 5. The fourth-order valence-corrected chi connectivity index (χ4v) is 2.14. The molecule has 0 aliphatic carbocycles. The van der Waals surface area contributed by atoms with Crippen molar-refractivity contribution in [1.82, 2.24) is 10.6 Å². The predicted molar refractivity (Wildman–Crippen MR) is 99.9 cm³/mol. The highest BCUT2D eigenvalue weighted by atomic mass is 16.3. The van der Waals surface area contributed by atoms with Crippen molar-refractivity contribution in [1.29, 1.82) is 10.7 Å². The van der Waals surface area contributed by atoms with Gasteiger partial charge >= 0.3 is 0 Å². The van der Waals surface area contributed by atoms with E-state index in [-0.39, 0.29) is 23.4 Å². The molecule has 0 aromatic heterocycles. The number of aromatic hydroxyl groups is 1. The molecule has 0 aliphatic heterocycles. The Balaban J connectivity index is 2.86. The Bertz CT molecular complexity index is 821. The molecular formula is C19H22N4O4. The van der Waals surface area contributed by atoms with E-state index in [9.17, 15) is 14.7 Å². The monoisotopic (exact) mass is 370 g/mol. The Morgan fingerprint density at radius 1 is 1.41 bits per heavy atom. The number of rotatable bonds is 8. The summed E-state index contributed by atoms with van der Waals surface area (Å²) in [6, 6.07) is 5.63. The van der Waals surface area contributed by atoms with Crippen LogP contribution >= 0.6 is 0 Å². The molecule has 2 amide bonds. The fourth-order valence-electron chi connectivity index (χ4n) is 2.14. The lowest BCUT2D eigenvalue weighted by molar-refractivity contribution is -0.120. The Hall–Kier alpha value is -3.44. The number of aliphatic hydroxyl groups is 1. The van der Waals surface area contributed by atoms with E-state index in [0.717, 1.165) is 11.8 Å². The molecule has 0 aliphatic rings. The molecule has 1 aromatic rings. The number of benzene rings is 1. The number of aryl methyl sites for hydroxylation is 1. The van der Waals surface area contributed by atoms with Crippen molar-refractivity contribution >= 4 is 18.0 Å². The van der Waals surface area contributed by atoms with Gasteiger partial charge in [0.1, 0.15) is 11.8 Å². The Morgan fingerprint density at radius 2 is 2.11 bits per heavy atom. The van der Waals surface area contributed by atoms with E-state index in [2.05, 4.69) is 10.6 Å². The van der Waals surface area contributed by atoms with E-state index in [0.29, 0.717) is 5.56 Å². The van der Waals surface area contributed by atoms with Crippen molar-refractivity contribution in [2.45, 2.75) is 26.3 Å². The fraction of sp³-hybridized carbons (Fsp3) is 0.263. The molecule has 0 fully saturated rings. The highest BCUT2D eigenvalue weighted by Gasteiger charge is 2.13. The predicted octanol–water partition coefficient (Wildman–Crippen LogP) is 0.840. The summed E-state index contributed by atoms with van der Waals surface area (Å²) in [5, 5.41) is 39.6. The van der Waals surface area contributed by atoms with Crippen molar-refractivity contribution in [3.8, 4) is 11.8 Å². The lowest BCUT2D eigenvalue weighted by Crippen LogP contribution is -2.37. The standard InChI is InChI=1S/C19H22N4O4/c1-12-3-4-17(25)14(7-12)9-18(26)22-15(5-6-20)8-13(2)19(27)23-16(10-21)11-24/h3-8,16,20,24-25H,9,11H2,1-2H3,(H,22,26)(H,23,27)/b13-8+,15-5+,20-6?. The number of nitriles is 1. The number of phenols is 1. The van der Waals surface area contributed by atoms with Crippen molar-refractivity contribution in [3.63, 3.8) is 0 Å². The van der Waals surface area contributed by atoms with Gasteiger partial charge in [-0.3, -0.25) is 9.59 Å². The number of allylic oxidation sites excluding steroid dienone is 2. The lowest BCUT2D eigenvalue weighted by Gasteiger charge is -2.11. The van der Waals surface area contributed by atoms with Crippen LogP contribution in [0, 0.1) is 23.7 Å². The number of carbonyl (C=O) groups is 2. The first kappa shape index (κ1) is 21.6. The van der Waals surface area contributed by atoms with E-state index in [1.165, 1.54) is 25.1 Å². The van der Waals surface area contributed by atoms with Gasteiger partial charge in [0.2, 0.25) is 11.8 Å². The SMILES string of the molecule is C/C(=C\C(=C/C=N)NC(=O)Cc1cc(C)ccc1O)C(=O)NC(C#N)CO. The molecule has 142 valence electrons. The molecule has 8 nitrogen and oxygen atoms in total. The highest BCUT2D eigenvalue weighted by Crippen LogP contribution is 2.18. The van der Waals surface area contributed by atoms with Crippen LogP contribution in [0.15, 0.2) is 41.6 Å². The van der Waals surface area contributed by atoms with Crippen molar-refractivity contribution in [3.05, 3.63) is 52.7 Å². The molecule has 1 aromatic carbocycles. The summed E-state index contributed by atoms with van der Waals surface area (Å²) in [5.74, 6) is -1.01. The van der Waals surface area contributed by atoms with Gasteiger partial charge in [-0.05, 0) is 32.1 Å². The van der Waals surface area contributed by atoms with Gasteiger partial charge in [0.25, 0.3) is 0 Å². The third-order valence-corrected chi connectivity index (χ3v) is 3.51. The average molecular weight is 370 g/mol. The Labute approximate surface area is 157 Å². The smallest absolute Gasteiger partial charge is 0.248 e. The zero-order valence-corrected chi connectivity index (χ0v) is 15.1. The van der Waals surface area contributed by atoms with Gasteiger partial charge in [-0.2, -0.15) is 5.26 Å². The van der Waals surface area contributed by atoms with Crippen LogP contribution in [0.4, 0.5) is 0 Å². The zero-order chi connectivity index (χ0) is 20.4. The third kappa shape index (κ3) is 7.13. The summed E-state index contributed by atoms with van der Waals surface area (Å²) in [5.41, 5.74) is 1.73. The van der Waals surface area contributed by atoms with Gasteiger partial charge in [0.15, 0.2) is 0 Å². The van der Waals surface area contributed by atoms with Gasteiger partial charge < -0.3 is 26.3 Å². The topological polar surface area (TPSA) is 146 Å². The van der Waals surface area contributed by atoms with Crippen molar-refractivity contribution in [2.24, 2.45) is 0 Å². The molecule has 0 heterocycles. The van der Waals surface area contributed by atoms with E-state index < -0.39 is 24.5 Å². The van der Waals surface area contributed by atoms with Gasteiger partial charge in [-0.15, -0.1) is 0 Å². The van der Waals surface area contributed by atoms with E-state index in [1.807, 2.05) is 6.92 Å². The molecule has 1 atom stereocenters. The second-order valence-electron chi connectivity index (χ2n) is 5.81. The summed E-state index contributed by atoms with van der Waals surface area (Å²) in [7, 11) is 0. The van der Waals surface area contributed by atoms with Crippen LogP contribution in [-0.4, -0.2) is 40.9 Å². The van der Waals surface area contributed by atoms with E-state index >= 15 is 0 Å². The number of nitrogens with one attached hydrogen (secondary N) is 3. The van der Waals surface area contributed by atoms with Crippen LogP contribution < -0.4 is 10.6 Å². The molecule has 5 N–H and O–H groups in total. The summed E-state index contributed by atoms with van der Waals surface area (Å²) < 4.78 is 0. The van der Waals surface area contributed by atoms with Crippen LogP contribution in [0.25, 0.3) is 0 Å². The number of nitrogens with zero attached hydrogens (tertiary/aromatic N) is 1. The molecule has 27 heavy (non-hydrogen) atoms. The minimum atomic E-state index is -1.03. The van der Waals surface area contributed by atoms with Gasteiger partial charge in [-0.1, -0.05) is 17.7 Å². The first-order valence-electron chi connectivity index (χ1n) is 8.09. The second kappa shape index (κ2) is 10.5. The molecular weight excluding hydrogens is 348 g/mol. The van der Waals surface area contributed by atoms with Gasteiger partial charge in [0.05, 0.1) is 19.1 Å². The Morgan fingerprint density at radius 3 is 2.70 bits per heavy atom. The van der Waals surface area contributed by atoms with Crippen molar-refractivity contribution in [2.75, 3.05) is 6.61 Å². The minimum Gasteiger partial charge on any atom is -0.508 e. The lowest BCUT2D eigenvalue weighted by atomic mass is 10.1. The second-order valence-corrected chi connectivity index (χ2v) is 5.81. The Kier molecular flexibility index (Phi) is 8.42. The van der Waals surface area contributed by atoms with Crippen molar-refractivity contribution < 1.29 is 19.8 Å². The summed E-state index contributed by atoms with van der Waals surface area (Å²) in [6.45, 7) is 2.79. The number of phenolic OH excluding ortho intramolecular Hbond substituents is 1. The summed E-state index contributed by atoms with van der Waals surface area (Å²) >= 11 is 0. The maximum Gasteiger partial charge on any atom is 0.248 e. The van der Waals surface area contributed by atoms with E-state index in [4.69, 9.17) is 15.8 Å². The first-order chi connectivity index (χ1) is 12.8. The minimum absolute atomic E-state index is 0.00554. The maximum atomic E-state index is 12.2. The van der Waals surface area contributed by atoms with Crippen LogP contribution in [0.3, 0.4) is 0 Å². The van der Waals surface area contributed by atoms with Crippen LogP contribution in [0.2, 0.25) is 0 Å². The largest absolute Gasteiger partial charge is 0.508 e. The quantitative estimate of drug-likeness (QED) is 0.261. The summed E-state index contributed by atoms with van der Waals surface area (Å²) in [4.78, 5) is 24.2. The highest BCUT2D eigenvalue weighted by molar-refractivity contribution is 5.94. The summed E-state index contributed by atoms with van der Waals surface area (Å²) in [6.07, 6.45) is 3.51. The molecule has 8 heteroatoms. The number of hydrogen-bond acceptors (Lipinski definition) is 6. The average Bonchev–Trinajstić information content (AvgIpc) is 2.62. The van der Waals surface area contributed by atoms with Crippen LogP contribution in [0.5, 0.6) is 5.75 Å². The normalized spacial score (nSPS) is 12.7. The molecule has 0 radical (unpaired) electrons. The molecule has 1 rings (SSSR count). The third-order valence-electron chi connectivity index (χ3n) is 3.51. The number of amides is 2. The van der Waals surface area contributed by atoms with Gasteiger partial charge in [0, 0.05) is 23.0 Å². The molecule has 1 unspecified atom stereocenters. The van der Waals surface area contributed by atoms with Crippen LogP contribution in [0.1, 0.15) is 18.1 Å². The molecule has 0 saturated carbocycles. The van der Waals surface area contributed by atoms with Crippen LogP contribution in [-0.2, 0) is 16.0 Å². The first-order valence-corrected chi connectivity index (χ1v) is 8.09. The van der Waals surface area contributed by atoms with Gasteiger partial charge in [-0.25, -0.2) is 0 Å². The maximum absolute atomic E-state index is 12.2.